The van der Waals surface area contributed by atoms with Gasteiger partial charge >= 0.3 is 0 Å². The zero-order valence-corrected chi connectivity index (χ0v) is 18.3. The Balaban J connectivity index is 1.39. The standard InChI is InChI=1S/C20H22ClFN4O4S/c21-15-1-3-17(18(22)13-15)20(27)25-7-5-24(6-8-25)19-4-2-16(14-23-19)31(28,29)26-9-11-30-12-10-26/h1-4,13-14H,5-12H2. The quantitative estimate of drug-likeness (QED) is 0.681. The molecule has 0 bridgehead atoms. The second-order valence-corrected chi connectivity index (χ2v) is 9.65. The van der Waals surface area contributed by atoms with Crippen molar-refractivity contribution in [2.45, 2.75) is 4.90 Å². The van der Waals surface area contributed by atoms with Gasteiger partial charge in [-0.05, 0) is 30.3 Å². The van der Waals surface area contributed by atoms with Crippen molar-refractivity contribution in [3.63, 3.8) is 0 Å². The van der Waals surface area contributed by atoms with Crippen LogP contribution in [-0.2, 0) is 14.8 Å². The molecule has 3 heterocycles. The number of sulfonamides is 1. The smallest absolute Gasteiger partial charge is 0.256 e. The summed E-state index contributed by atoms with van der Waals surface area (Å²) in [6.07, 6.45) is 1.36. The molecule has 0 spiro atoms. The number of hydrogen-bond acceptors (Lipinski definition) is 6. The summed E-state index contributed by atoms with van der Waals surface area (Å²) in [6.45, 7) is 3.23. The molecule has 1 aromatic heterocycles. The third-order valence-electron chi connectivity index (χ3n) is 5.38. The molecule has 4 rings (SSSR count). The van der Waals surface area contributed by atoms with Crippen molar-refractivity contribution in [1.82, 2.24) is 14.2 Å². The Morgan fingerprint density at radius 1 is 1.03 bits per heavy atom. The van der Waals surface area contributed by atoms with Crippen LogP contribution in [0.15, 0.2) is 41.4 Å². The van der Waals surface area contributed by atoms with Crippen molar-refractivity contribution in [1.29, 1.82) is 0 Å². The zero-order valence-electron chi connectivity index (χ0n) is 16.7. The van der Waals surface area contributed by atoms with Gasteiger partial charge in [0.15, 0.2) is 0 Å². The van der Waals surface area contributed by atoms with E-state index in [1.165, 1.54) is 22.6 Å². The summed E-state index contributed by atoms with van der Waals surface area (Å²) < 4.78 is 46.1. The number of pyridine rings is 1. The van der Waals surface area contributed by atoms with E-state index in [2.05, 4.69) is 4.98 Å². The minimum atomic E-state index is -3.59. The van der Waals surface area contributed by atoms with E-state index in [1.54, 1.807) is 17.0 Å². The topological polar surface area (TPSA) is 83.1 Å². The van der Waals surface area contributed by atoms with Gasteiger partial charge in [0, 0.05) is 50.5 Å². The molecule has 2 aliphatic heterocycles. The second kappa shape index (κ2) is 9.07. The Morgan fingerprint density at radius 2 is 1.74 bits per heavy atom. The van der Waals surface area contributed by atoms with E-state index in [0.717, 1.165) is 6.07 Å². The van der Waals surface area contributed by atoms with E-state index in [0.29, 0.717) is 58.3 Å². The molecule has 8 nitrogen and oxygen atoms in total. The second-order valence-electron chi connectivity index (χ2n) is 7.27. The predicted octanol–water partition coefficient (Wildman–Crippen LogP) is 1.86. The number of benzene rings is 1. The molecule has 0 saturated carbocycles. The summed E-state index contributed by atoms with van der Waals surface area (Å²) in [7, 11) is -3.59. The predicted molar refractivity (Wildman–Crippen MR) is 113 cm³/mol. The number of amides is 1. The zero-order chi connectivity index (χ0) is 22.0. The first-order valence-corrected chi connectivity index (χ1v) is 11.7. The van der Waals surface area contributed by atoms with E-state index >= 15 is 0 Å². The first-order valence-electron chi connectivity index (χ1n) is 9.89. The lowest BCUT2D eigenvalue weighted by Crippen LogP contribution is -2.49. The molecule has 2 aromatic rings. The Labute approximate surface area is 185 Å². The molecule has 0 unspecified atom stereocenters. The highest BCUT2D eigenvalue weighted by Gasteiger charge is 2.28. The summed E-state index contributed by atoms with van der Waals surface area (Å²) >= 11 is 5.75. The van der Waals surface area contributed by atoms with Crippen molar-refractivity contribution in [2.75, 3.05) is 57.4 Å². The molecule has 2 fully saturated rings. The number of hydrogen-bond donors (Lipinski definition) is 0. The molecule has 0 radical (unpaired) electrons. The van der Waals surface area contributed by atoms with Gasteiger partial charge in [-0.15, -0.1) is 0 Å². The summed E-state index contributed by atoms with van der Waals surface area (Å²) in [5.41, 5.74) is -0.00588. The number of piperazine rings is 1. The lowest BCUT2D eigenvalue weighted by molar-refractivity contribution is 0.0730. The van der Waals surface area contributed by atoms with Crippen LogP contribution < -0.4 is 4.90 Å². The van der Waals surface area contributed by atoms with Crippen LogP contribution in [0.3, 0.4) is 0 Å². The Hall–Kier alpha value is -2.27. The highest BCUT2D eigenvalue weighted by Crippen LogP contribution is 2.21. The van der Waals surface area contributed by atoms with Gasteiger partial charge < -0.3 is 14.5 Å². The SMILES string of the molecule is O=C(c1ccc(Cl)cc1F)N1CCN(c2ccc(S(=O)(=O)N3CCOCC3)cn2)CC1. The summed E-state index contributed by atoms with van der Waals surface area (Å²) in [4.78, 5) is 20.6. The first kappa shape index (κ1) is 21.9. The Morgan fingerprint density at radius 3 is 2.35 bits per heavy atom. The fourth-order valence-electron chi connectivity index (χ4n) is 3.62. The van der Waals surface area contributed by atoms with Crippen molar-refractivity contribution >= 4 is 33.3 Å². The Bertz CT molecular complexity index is 1050. The molecule has 11 heteroatoms. The van der Waals surface area contributed by atoms with Crippen LogP contribution in [0, 0.1) is 5.82 Å². The minimum absolute atomic E-state index is 0.00588. The number of morpholine rings is 1. The largest absolute Gasteiger partial charge is 0.379 e. The van der Waals surface area contributed by atoms with Crippen LogP contribution >= 0.6 is 11.6 Å². The number of halogens is 2. The number of ether oxygens (including phenoxy) is 1. The molecule has 0 aliphatic carbocycles. The van der Waals surface area contributed by atoms with Crippen molar-refractivity contribution in [2.24, 2.45) is 0 Å². The van der Waals surface area contributed by atoms with Gasteiger partial charge in [-0.1, -0.05) is 11.6 Å². The number of nitrogens with zero attached hydrogens (tertiary/aromatic N) is 4. The highest BCUT2D eigenvalue weighted by molar-refractivity contribution is 7.89. The molecule has 2 aliphatic rings. The first-order chi connectivity index (χ1) is 14.9. The molecule has 2 saturated heterocycles. The summed E-state index contributed by atoms with van der Waals surface area (Å²) in [6, 6.07) is 7.23. The minimum Gasteiger partial charge on any atom is -0.379 e. The third-order valence-corrected chi connectivity index (χ3v) is 7.50. The maximum Gasteiger partial charge on any atom is 0.256 e. The van der Waals surface area contributed by atoms with E-state index in [-0.39, 0.29) is 21.4 Å². The normalized spacial score (nSPS) is 18.3. The third kappa shape index (κ3) is 4.67. The van der Waals surface area contributed by atoms with Crippen molar-refractivity contribution < 1.29 is 22.3 Å². The van der Waals surface area contributed by atoms with Crippen LogP contribution in [0.2, 0.25) is 5.02 Å². The number of anilines is 1. The molecule has 166 valence electrons. The average Bonchev–Trinajstić information content (AvgIpc) is 2.79. The van der Waals surface area contributed by atoms with E-state index in [9.17, 15) is 17.6 Å². The maximum absolute atomic E-state index is 14.1. The van der Waals surface area contributed by atoms with Gasteiger partial charge in [0.1, 0.15) is 16.5 Å². The molecule has 0 N–H and O–H groups in total. The van der Waals surface area contributed by atoms with E-state index in [1.807, 2.05) is 4.90 Å². The van der Waals surface area contributed by atoms with Crippen LogP contribution in [0.1, 0.15) is 10.4 Å². The van der Waals surface area contributed by atoms with E-state index < -0.39 is 15.8 Å². The maximum atomic E-state index is 14.1. The van der Waals surface area contributed by atoms with E-state index in [4.69, 9.17) is 16.3 Å². The molecular weight excluding hydrogens is 447 g/mol. The molecule has 31 heavy (non-hydrogen) atoms. The molecular formula is C20H22ClFN4O4S. The van der Waals surface area contributed by atoms with Crippen molar-refractivity contribution in [3.05, 3.63) is 52.9 Å². The lowest BCUT2D eigenvalue weighted by Gasteiger charge is -2.35. The summed E-state index contributed by atoms with van der Waals surface area (Å²) in [5, 5.41) is 0.240. The van der Waals surface area contributed by atoms with Crippen LogP contribution in [0.5, 0.6) is 0 Å². The van der Waals surface area contributed by atoms with Crippen molar-refractivity contribution in [3.8, 4) is 0 Å². The van der Waals surface area contributed by atoms with Crippen LogP contribution in [0.25, 0.3) is 0 Å². The highest BCUT2D eigenvalue weighted by atomic mass is 35.5. The van der Waals surface area contributed by atoms with Crippen LogP contribution in [-0.4, -0.2) is 81.0 Å². The molecule has 0 atom stereocenters. The van der Waals surface area contributed by atoms with Crippen LogP contribution in [0.4, 0.5) is 10.2 Å². The van der Waals surface area contributed by atoms with Gasteiger partial charge in [-0.3, -0.25) is 4.79 Å². The average molecular weight is 469 g/mol. The number of carbonyl (C=O) groups is 1. The fraction of sp³-hybridized carbons (Fsp3) is 0.400. The number of rotatable bonds is 4. The monoisotopic (exact) mass is 468 g/mol. The van der Waals surface area contributed by atoms with Gasteiger partial charge in [-0.2, -0.15) is 4.31 Å². The molecule has 1 amide bonds. The fourth-order valence-corrected chi connectivity index (χ4v) is 5.13. The lowest BCUT2D eigenvalue weighted by atomic mass is 10.1. The number of aromatic nitrogens is 1. The van der Waals surface area contributed by atoms with Gasteiger partial charge in [0.25, 0.3) is 5.91 Å². The molecule has 1 aromatic carbocycles. The Kier molecular flexibility index (Phi) is 6.42. The van der Waals surface area contributed by atoms with Gasteiger partial charge in [0.05, 0.1) is 18.8 Å². The van der Waals surface area contributed by atoms with Gasteiger partial charge in [0.2, 0.25) is 10.0 Å². The summed E-state index contributed by atoms with van der Waals surface area (Å²) in [5.74, 6) is -0.391. The van der Waals surface area contributed by atoms with Gasteiger partial charge in [-0.25, -0.2) is 17.8 Å². The number of carbonyl (C=O) groups excluding carboxylic acids is 1.